The predicted octanol–water partition coefficient (Wildman–Crippen LogP) is 3.78. The Morgan fingerprint density at radius 1 is 1.13 bits per heavy atom. The van der Waals surface area contributed by atoms with Gasteiger partial charge in [0.15, 0.2) is 0 Å². The minimum absolute atomic E-state index is 0.240. The Balaban J connectivity index is 0.000000222. The van der Waals surface area contributed by atoms with Crippen LogP contribution in [0.1, 0.15) is 45.9 Å². The summed E-state index contributed by atoms with van der Waals surface area (Å²) in [6.07, 6.45) is 2.33. The smallest absolute Gasteiger partial charge is 0.410 e. The van der Waals surface area contributed by atoms with Gasteiger partial charge in [0, 0.05) is 35.9 Å². The molecule has 30 heavy (non-hydrogen) atoms. The van der Waals surface area contributed by atoms with Gasteiger partial charge in [0.1, 0.15) is 5.60 Å². The van der Waals surface area contributed by atoms with Crippen molar-refractivity contribution < 1.29 is 19.1 Å². The molecule has 0 bridgehead atoms. The molecule has 7 heteroatoms. The summed E-state index contributed by atoms with van der Waals surface area (Å²) in [7, 11) is 0. The zero-order valence-corrected chi connectivity index (χ0v) is 18.8. The molecule has 0 aliphatic carbocycles. The molecule has 2 amide bonds. The van der Waals surface area contributed by atoms with Crippen molar-refractivity contribution in [3.63, 3.8) is 0 Å². The van der Waals surface area contributed by atoms with E-state index in [0.717, 1.165) is 28.4 Å². The number of aromatic nitrogens is 1. The fraction of sp³-hybridized carbons (Fsp3) is 0.522. The van der Waals surface area contributed by atoms with Gasteiger partial charge in [0.05, 0.1) is 18.8 Å². The zero-order chi connectivity index (χ0) is 22.4. The molecule has 3 rings (SSSR count). The molecular formula is C23H33N3O4. The number of ether oxygens (including phenoxy) is 2. The number of pyridine rings is 1. The number of hydrogen-bond acceptors (Lipinski definition) is 5. The Labute approximate surface area is 178 Å². The van der Waals surface area contributed by atoms with Crippen LogP contribution in [0.2, 0.25) is 0 Å². The molecule has 0 radical (unpaired) electrons. The summed E-state index contributed by atoms with van der Waals surface area (Å²) in [5, 5.41) is 5.10. The van der Waals surface area contributed by atoms with Crippen LogP contribution in [-0.2, 0) is 19.8 Å². The number of amides is 2. The average Bonchev–Trinajstić information content (AvgIpc) is 2.68. The fourth-order valence-electron chi connectivity index (χ4n) is 3.13. The Hall–Kier alpha value is -2.67. The third kappa shape index (κ3) is 6.42. The SMILES string of the molecule is CC(C)(C)OC(=O)N1CCOCC1.Cc1ncc(C(C)(C)NC=O)c2ccccc12. The number of morpholine rings is 1. The van der Waals surface area contributed by atoms with E-state index in [1.807, 2.05) is 59.9 Å². The largest absolute Gasteiger partial charge is 0.444 e. The molecule has 1 N–H and O–H groups in total. The predicted molar refractivity (Wildman–Crippen MR) is 117 cm³/mol. The van der Waals surface area contributed by atoms with E-state index in [9.17, 15) is 9.59 Å². The van der Waals surface area contributed by atoms with E-state index < -0.39 is 11.1 Å². The van der Waals surface area contributed by atoms with E-state index in [2.05, 4.69) is 22.4 Å². The molecule has 1 saturated heterocycles. The van der Waals surface area contributed by atoms with E-state index in [4.69, 9.17) is 9.47 Å². The molecule has 1 fully saturated rings. The highest BCUT2D eigenvalue weighted by atomic mass is 16.6. The highest BCUT2D eigenvalue weighted by Crippen LogP contribution is 2.28. The number of nitrogens with one attached hydrogen (secondary N) is 1. The maximum Gasteiger partial charge on any atom is 0.410 e. The Bertz CT molecular complexity index is 868. The molecule has 2 aromatic rings. The summed E-state index contributed by atoms with van der Waals surface area (Å²) >= 11 is 0. The molecule has 0 spiro atoms. The lowest BCUT2D eigenvalue weighted by atomic mass is 9.91. The van der Waals surface area contributed by atoms with Gasteiger partial charge in [-0.2, -0.15) is 0 Å². The Kier molecular flexibility index (Phi) is 7.78. The number of carbonyl (C=O) groups excluding carboxylic acids is 2. The summed E-state index contributed by atoms with van der Waals surface area (Å²) in [5.41, 5.74) is 1.22. The van der Waals surface area contributed by atoms with Gasteiger partial charge in [0.2, 0.25) is 6.41 Å². The van der Waals surface area contributed by atoms with Crippen LogP contribution in [0.3, 0.4) is 0 Å². The number of nitrogens with zero attached hydrogens (tertiary/aromatic N) is 2. The second-order valence-corrected chi connectivity index (χ2v) is 8.77. The molecule has 1 aliphatic rings. The molecule has 164 valence electrons. The summed E-state index contributed by atoms with van der Waals surface area (Å²) < 4.78 is 10.3. The topological polar surface area (TPSA) is 80.8 Å². The average molecular weight is 416 g/mol. The van der Waals surface area contributed by atoms with Crippen LogP contribution in [0, 0.1) is 6.92 Å². The normalized spacial score (nSPS) is 14.5. The molecule has 2 heterocycles. The van der Waals surface area contributed by atoms with Crippen molar-refractivity contribution >= 4 is 23.3 Å². The summed E-state index contributed by atoms with van der Waals surface area (Å²) in [5.74, 6) is 0. The standard InChI is InChI=1S/C14H16N2O.C9H17NO3/c1-10-11-6-4-5-7-12(11)13(8-15-10)14(2,3)16-9-17;1-9(2,3)13-8(11)10-4-6-12-7-5-10/h4-9H,1-3H3,(H,16,17);4-7H2,1-3H3. The minimum atomic E-state index is -0.415. The van der Waals surface area contributed by atoms with Gasteiger partial charge in [-0.1, -0.05) is 24.3 Å². The molecule has 0 saturated carbocycles. The van der Waals surface area contributed by atoms with Gasteiger partial charge in [-0.3, -0.25) is 9.78 Å². The molecule has 7 nitrogen and oxygen atoms in total. The van der Waals surface area contributed by atoms with Crippen LogP contribution in [0.5, 0.6) is 0 Å². The van der Waals surface area contributed by atoms with Gasteiger partial charge >= 0.3 is 6.09 Å². The van der Waals surface area contributed by atoms with Crippen molar-refractivity contribution in [1.82, 2.24) is 15.2 Å². The second-order valence-electron chi connectivity index (χ2n) is 8.77. The van der Waals surface area contributed by atoms with Crippen LogP contribution in [0.25, 0.3) is 10.8 Å². The number of hydrogen-bond donors (Lipinski definition) is 1. The van der Waals surface area contributed by atoms with E-state index in [1.54, 1.807) is 4.90 Å². The van der Waals surface area contributed by atoms with Gasteiger partial charge in [-0.05, 0) is 46.9 Å². The van der Waals surface area contributed by atoms with E-state index in [-0.39, 0.29) is 6.09 Å². The van der Waals surface area contributed by atoms with Crippen molar-refractivity contribution in [2.75, 3.05) is 26.3 Å². The summed E-state index contributed by atoms with van der Waals surface area (Å²) in [4.78, 5) is 28.2. The molecule has 1 aromatic heterocycles. The van der Waals surface area contributed by atoms with Crippen molar-refractivity contribution in [3.8, 4) is 0 Å². The van der Waals surface area contributed by atoms with Gasteiger partial charge in [-0.25, -0.2) is 4.79 Å². The number of aryl methyl sites for hydroxylation is 1. The first-order chi connectivity index (χ1) is 14.0. The number of benzene rings is 1. The highest BCUT2D eigenvalue weighted by Gasteiger charge is 2.24. The number of fused-ring (bicyclic) bond motifs is 1. The first kappa shape index (κ1) is 23.6. The van der Waals surface area contributed by atoms with Crippen molar-refractivity contribution in [1.29, 1.82) is 0 Å². The van der Waals surface area contributed by atoms with Gasteiger partial charge in [0.25, 0.3) is 0 Å². The quantitative estimate of drug-likeness (QED) is 0.772. The zero-order valence-electron chi connectivity index (χ0n) is 18.8. The molecule has 1 aliphatic heterocycles. The Morgan fingerprint density at radius 3 is 2.30 bits per heavy atom. The minimum Gasteiger partial charge on any atom is -0.444 e. The lowest BCUT2D eigenvalue weighted by Gasteiger charge is -2.29. The molecular weight excluding hydrogens is 382 g/mol. The molecule has 0 atom stereocenters. The lowest BCUT2D eigenvalue weighted by Crippen LogP contribution is -2.43. The first-order valence-electron chi connectivity index (χ1n) is 10.2. The maximum absolute atomic E-state index is 11.5. The van der Waals surface area contributed by atoms with E-state index in [0.29, 0.717) is 26.3 Å². The molecule has 1 aromatic carbocycles. The number of carbonyl (C=O) groups is 2. The highest BCUT2D eigenvalue weighted by molar-refractivity contribution is 5.88. The van der Waals surface area contributed by atoms with Gasteiger partial charge < -0.3 is 19.7 Å². The van der Waals surface area contributed by atoms with Gasteiger partial charge in [-0.15, -0.1) is 0 Å². The van der Waals surface area contributed by atoms with Crippen molar-refractivity contribution in [3.05, 3.63) is 41.7 Å². The van der Waals surface area contributed by atoms with E-state index in [1.165, 1.54) is 0 Å². The van der Waals surface area contributed by atoms with Crippen molar-refractivity contribution in [2.45, 2.75) is 52.7 Å². The Morgan fingerprint density at radius 2 is 1.73 bits per heavy atom. The fourth-order valence-corrected chi connectivity index (χ4v) is 3.13. The third-order valence-electron chi connectivity index (χ3n) is 4.75. The van der Waals surface area contributed by atoms with Crippen LogP contribution in [-0.4, -0.2) is 54.3 Å². The monoisotopic (exact) mass is 415 g/mol. The number of rotatable bonds is 3. The first-order valence-corrected chi connectivity index (χ1v) is 10.2. The van der Waals surface area contributed by atoms with Crippen molar-refractivity contribution in [2.24, 2.45) is 0 Å². The lowest BCUT2D eigenvalue weighted by molar-refractivity contribution is -0.111. The summed E-state index contributed by atoms with van der Waals surface area (Å²) in [6, 6.07) is 8.12. The second kappa shape index (κ2) is 9.89. The maximum atomic E-state index is 11.5. The van der Waals surface area contributed by atoms with Crippen LogP contribution < -0.4 is 5.32 Å². The van der Waals surface area contributed by atoms with Crippen LogP contribution in [0.4, 0.5) is 4.79 Å². The van der Waals surface area contributed by atoms with Crippen LogP contribution >= 0.6 is 0 Å². The third-order valence-corrected chi connectivity index (χ3v) is 4.75. The molecule has 0 unspecified atom stereocenters. The van der Waals surface area contributed by atoms with E-state index >= 15 is 0 Å². The van der Waals surface area contributed by atoms with Crippen LogP contribution in [0.15, 0.2) is 30.5 Å². The summed E-state index contributed by atoms with van der Waals surface area (Å²) in [6.45, 7) is 14.0.